The zero-order valence-corrected chi connectivity index (χ0v) is 33.6. The Morgan fingerprint density at radius 3 is 1.73 bits per heavy atom. The summed E-state index contributed by atoms with van der Waals surface area (Å²) in [5.41, 5.74) is 10.9. The minimum atomic E-state index is -0.357. The molecule has 5 aromatic rings. The van der Waals surface area contributed by atoms with Gasteiger partial charge in [0.1, 0.15) is 6.10 Å². The van der Waals surface area contributed by atoms with E-state index >= 15 is 0 Å². The Hall–Kier alpha value is -4.93. The van der Waals surface area contributed by atoms with Crippen LogP contribution in [0, 0.1) is 0 Å². The van der Waals surface area contributed by atoms with Gasteiger partial charge in [-0.1, -0.05) is 192 Å². The molecule has 292 valence electrons. The Morgan fingerprint density at radius 2 is 1.11 bits per heavy atom. The van der Waals surface area contributed by atoms with E-state index in [1.807, 2.05) is 42.5 Å². The molecule has 0 saturated carbocycles. The second kappa shape index (κ2) is 22.6. The van der Waals surface area contributed by atoms with Crippen molar-refractivity contribution in [3.63, 3.8) is 0 Å². The molecule has 1 aliphatic rings. The van der Waals surface area contributed by atoms with E-state index in [1.54, 1.807) is 0 Å². The molecule has 0 aliphatic carbocycles. The molecular weight excluding hydrogens is 685 g/mol. The van der Waals surface area contributed by atoms with E-state index in [0.717, 1.165) is 62.1 Å². The van der Waals surface area contributed by atoms with Gasteiger partial charge in [-0.05, 0) is 90.1 Å². The third kappa shape index (κ3) is 12.5. The molecular formula is C52H62N2O2. The van der Waals surface area contributed by atoms with Gasteiger partial charge < -0.3 is 9.64 Å². The van der Waals surface area contributed by atoms with Crippen molar-refractivity contribution in [3.05, 3.63) is 162 Å². The molecule has 0 radical (unpaired) electrons. The number of piperidine rings is 1. The molecule has 1 N–H and O–H groups in total. The SMILES string of the molecule is CC/C(=C(\c1ccccc1)c1ccc(CCCCCCCCCCCCN2CCC(OC(=O)Nc3ccccc3-c3ccccc3)CC2)cc1)c1ccccc1. The van der Waals surface area contributed by atoms with Crippen molar-refractivity contribution in [2.24, 2.45) is 0 Å². The molecule has 1 heterocycles. The van der Waals surface area contributed by atoms with E-state index < -0.39 is 0 Å². The Labute approximate surface area is 337 Å². The van der Waals surface area contributed by atoms with Crippen molar-refractivity contribution in [3.8, 4) is 11.1 Å². The summed E-state index contributed by atoms with van der Waals surface area (Å²) in [5.74, 6) is 0. The van der Waals surface area contributed by atoms with Gasteiger partial charge in [-0.2, -0.15) is 0 Å². The maximum absolute atomic E-state index is 12.8. The first-order chi connectivity index (χ1) is 27.7. The van der Waals surface area contributed by atoms with Crippen LogP contribution < -0.4 is 5.32 Å². The van der Waals surface area contributed by atoms with Crippen LogP contribution in [0.3, 0.4) is 0 Å². The second-order valence-corrected chi connectivity index (χ2v) is 15.4. The highest BCUT2D eigenvalue weighted by Crippen LogP contribution is 2.34. The van der Waals surface area contributed by atoms with Crippen LogP contribution in [-0.2, 0) is 11.2 Å². The molecule has 1 amide bonds. The van der Waals surface area contributed by atoms with Crippen molar-refractivity contribution >= 4 is 22.9 Å². The lowest BCUT2D eigenvalue weighted by molar-refractivity contribution is 0.0584. The van der Waals surface area contributed by atoms with Crippen molar-refractivity contribution in [1.29, 1.82) is 0 Å². The lowest BCUT2D eigenvalue weighted by atomic mass is 9.88. The van der Waals surface area contributed by atoms with Gasteiger partial charge in [0, 0.05) is 18.7 Å². The smallest absolute Gasteiger partial charge is 0.411 e. The summed E-state index contributed by atoms with van der Waals surface area (Å²) in [6, 6.07) is 49.1. The largest absolute Gasteiger partial charge is 0.446 e. The number of nitrogens with one attached hydrogen (secondary N) is 1. The average molecular weight is 747 g/mol. The number of rotatable bonds is 20. The van der Waals surface area contributed by atoms with Gasteiger partial charge in [0.2, 0.25) is 0 Å². The molecule has 56 heavy (non-hydrogen) atoms. The second-order valence-electron chi connectivity index (χ2n) is 15.4. The third-order valence-electron chi connectivity index (χ3n) is 11.3. The number of ether oxygens (including phenoxy) is 1. The van der Waals surface area contributed by atoms with Crippen LogP contribution in [0.25, 0.3) is 22.3 Å². The monoisotopic (exact) mass is 746 g/mol. The lowest BCUT2D eigenvalue weighted by Gasteiger charge is -2.31. The van der Waals surface area contributed by atoms with Crippen molar-refractivity contribution < 1.29 is 9.53 Å². The van der Waals surface area contributed by atoms with Crippen LogP contribution >= 0.6 is 0 Å². The van der Waals surface area contributed by atoms with Crippen molar-refractivity contribution in [2.45, 2.75) is 103 Å². The van der Waals surface area contributed by atoms with Gasteiger partial charge in [-0.3, -0.25) is 5.32 Å². The number of likely N-dealkylation sites (tertiary alicyclic amines) is 1. The number of benzene rings is 5. The van der Waals surface area contributed by atoms with Gasteiger partial charge in [0.25, 0.3) is 0 Å². The zero-order chi connectivity index (χ0) is 38.6. The number of allylic oxidation sites excluding steroid dienone is 1. The first-order valence-corrected chi connectivity index (χ1v) is 21.5. The van der Waals surface area contributed by atoms with Crippen molar-refractivity contribution in [1.82, 2.24) is 4.90 Å². The number of hydrogen-bond donors (Lipinski definition) is 1. The number of aryl methyl sites for hydroxylation is 1. The van der Waals surface area contributed by atoms with E-state index in [2.05, 4.69) is 114 Å². The summed E-state index contributed by atoms with van der Waals surface area (Å²) >= 11 is 0. The van der Waals surface area contributed by atoms with Crippen molar-refractivity contribution in [2.75, 3.05) is 25.0 Å². The molecule has 0 unspecified atom stereocenters. The summed E-state index contributed by atoms with van der Waals surface area (Å²) in [4.78, 5) is 15.3. The number of para-hydroxylation sites is 1. The molecule has 6 rings (SSSR count). The molecule has 0 bridgehead atoms. The highest BCUT2D eigenvalue weighted by Gasteiger charge is 2.22. The molecule has 4 nitrogen and oxygen atoms in total. The quantitative estimate of drug-likeness (QED) is 0.0637. The normalized spacial score (nSPS) is 13.9. The predicted octanol–water partition coefficient (Wildman–Crippen LogP) is 13.9. The Kier molecular flexibility index (Phi) is 16.4. The van der Waals surface area contributed by atoms with Gasteiger partial charge in [-0.25, -0.2) is 4.79 Å². The van der Waals surface area contributed by atoms with E-state index in [1.165, 1.54) is 97.6 Å². The molecule has 0 atom stereocenters. The Balaban J connectivity index is 0.793. The zero-order valence-electron chi connectivity index (χ0n) is 33.6. The minimum Gasteiger partial charge on any atom is -0.446 e. The topological polar surface area (TPSA) is 41.6 Å². The van der Waals surface area contributed by atoms with E-state index in [0.29, 0.717) is 0 Å². The Morgan fingerprint density at radius 1 is 0.589 bits per heavy atom. The fraction of sp³-hybridized carbons (Fsp3) is 0.365. The van der Waals surface area contributed by atoms with Gasteiger partial charge in [0.15, 0.2) is 0 Å². The van der Waals surface area contributed by atoms with E-state index in [9.17, 15) is 4.79 Å². The van der Waals surface area contributed by atoms with Crippen LogP contribution in [0.1, 0.15) is 113 Å². The van der Waals surface area contributed by atoms with E-state index in [4.69, 9.17) is 4.74 Å². The first kappa shape index (κ1) is 40.7. The van der Waals surface area contributed by atoms with Gasteiger partial charge >= 0.3 is 6.09 Å². The predicted molar refractivity (Wildman–Crippen MR) is 237 cm³/mol. The molecule has 0 aromatic heterocycles. The highest BCUT2D eigenvalue weighted by molar-refractivity contribution is 5.98. The number of amides is 1. The fourth-order valence-electron chi connectivity index (χ4n) is 8.20. The number of carbonyl (C=O) groups excluding carboxylic acids is 1. The number of unbranched alkanes of at least 4 members (excludes halogenated alkanes) is 9. The standard InChI is InChI=1S/C52H62N2O2/c1-2-48(43-25-15-11-16-26-43)51(45-29-19-13-20-30-45)46-35-33-42(34-36-46)24-14-9-7-5-3-4-6-8-10-23-39-54-40-37-47(38-41-54)56-52(55)53-50-32-22-21-31-49(50)44-27-17-12-18-28-44/h11-13,15-22,25-36,47H,2-10,14,23-24,37-41H2,1H3,(H,53,55)/b51-48-. The molecule has 0 spiro atoms. The summed E-state index contributed by atoms with van der Waals surface area (Å²) in [5, 5.41) is 2.99. The highest BCUT2D eigenvalue weighted by atomic mass is 16.6. The summed E-state index contributed by atoms with van der Waals surface area (Å²) in [7, 11) is 0. The van der Waals surface area contributed by atoms with Gasteiger partial charge in [0.05, 0.1) is 5.69 Å². The van der Waals surface area contributed by atoms with Crippen LogP contribution in [0.15, 0.2) is 140 Å². The number of anilines is 1. The van der Waals surface area contributed by atoms with Crippen LogP contribution in [-0.4, -0.2) is 36.7 Å². The molecule has 4 heteroatoms. The fourth-order valence-corrected chi connectivity index (χ4v) is 8.20. The van der Waals surface area contributed by atoms with Crippen LogP contribution in [0.4, 0.5) is 10.5 Å². The maximum Gasteiger partial charge on any atom is 0.411 e. The molecule has 1 fully saturated rings. The van der Waals surface area contributed by atoms with Crippen LogP contribution in [0.5, 0.6) is 0 Å². The molecule has 5 aromatic carbocycles. The van der Waals surface area contributed by atoms with Crippen LogP contribution in [0.2, 0.25) is 0 Å². The number of hydrogen-bond acceptors (Lipinski definition) is 3. The average Bonchev–Trinajstić information content (AvgIpc) is 3.25. The Bertz CT molecular complexity index is 1900. The lowest BCUT2D eigenvalue weighted by Crippen LogP contribution is -2.38. The first-order valence-electron chi connectivity index (χ1n) is 21.5. The minimum absolute atomic E-state index is 0.0161. The third-order valence-corrected chi connectivity index (χ3v) is 11.3. The summed E-state index contributed by atoms with van der Waals surface area (Å²) < 4.78 is 5.83. The summed E-state index contributed by atoms with van der Waals surface area (Å²) in [6.07, 6.45) is 16.9. The van der Waals surface area contributed by atoms with E-state index in [-0.39, 0.29) is 12.2 Å². The maximum atomic E-state index is 12.8. The molecule has 1 saturated heterocycles. The number of nitrogens with zero attached hydrogens (tertiary/aromatic N) is 1. The van der Waals surface area contributed by atoms with Gasteiger partial charge in [-0.15, -0.1) is 0 Å². The summed E-state index contributed by atoms with van der Waals surface area (Å²) in [6.45, 7) is 5.43. The molecule has 1 aliphatic heterocycles. The number of carbonyl (C=O) groups is 1.